The van der Waals surface area contributed by atoms with E-state index >= 15 is 0 Å². The molecular weight excluding hydrogens is 232 g/mol. The molecule has 0 fully saturated rings. The third-order valence-corrected chi connectivity index (χ3v) is 2.21. The average molecular weight is 248 g/mol. The molecule has 1 aromatic heterocycles. The van der Waals surface area contributed by atoms with E-state index in [-0.39, 0.29) is 12.2 Å². The summed E-state index contributed by atoms with van der Waals surface area (Å²) in [6.45, 7) is 0. The maximum atomic E-state index is 10.4. The number of aromatic amines is 1. The monoisotopic (exact) mass is 248 g/mol. The number of aliphatic carboxylic acids is 1. The SMILES string of the molecule is N[C@@H](Cc1ccc(O)cc1)C(=O)O.c1cc[nH]c1. The first-order valence-corrected chi connectivity index (χ1v) is 5.43. The predicted octanol–water partition coefficient (Wildman–Crippen LogP) is 1.36. The molecule has 2 rings (SSSR count). The van der Waals surface area contributed by atoms with Crippen LogP contribution in [-0.4, -0.2) is 27.2 Å². The largest absolute Gasteiger partial charge is 0.508 e. The number of aromatic hydroxyl groups is 1. The number of carboxylic acid groups (broad SMARTS) is 1. The quantitative estimate of drug-likeness (QED) is 0.659. The van der Waals surface area contributed by atoms with Gasteiger partial charge in [-0.2, -0.15) is 0 Å². The van der Waals surface area contributed by atoms with Crippen molar-refractivity contribution in [3.63, 3.8) is 0 Å². The lowest BCUT2D eigenvalue weighted by atomic mass is 10.1. The van der Waals surface area contributed by atoms with Crippen LogP contribution in [0.25, 0.3) is 0 Å². The highest BCUT2D eigenvalue weighted by atomic mass is 16.4. The van der Waals surface area contributed by atoms with Crippen LogP contribution >= 0.6 is 0 Å². The Bertz CT molecular complexity index is 434. The van der Waals surface area contributed by atoms with Gasteiger partial charge in [0, 0.05) is 12.4 Å². The molecule has 0 bridgehead atoms. The standard InChI is InChI=1S/C9H11NO3.C4H5N/c10-8(9(12)13)5-6-1-3-7(11)4-2-6;1-2-4-5-3-1/h1-4,8,11H,5,10H2,(H,12,13);1-5H/t8-;/m0./s1. The molecule has 0 unspecified atom stereocenters. The zero-order chi connectivity index (χ0) is 13.4. The average Bonchev–Trinajstić information content (AvgIpc) is 2.90. The van der Waals surface area contributed by atoms with Gasteiger partial charge in [-0.25, -0.2) is 0 Å². The molecule has 5 heteroatoms. The Morgan fingerprint density at radius 2 is 1.78 bits per heavy atom. The Morgan fingerprint density at radius 3 is 2.17 bits per heavy atom. The van der Waals surface area contributed by atoms with Gasteiger partial charge in [0.05, 0.1) is 0 Å². The fourth-order valence-corrected chi connectivity index (χ4v) is 1.25. The second-order valence-electron chi connectivity index (χ2n) is 3.70. The van der Waals surface area contributed by atoms with Gasteiger partial charge >= 0.3 is 5.97 Å². The van der Waals surface area contributed by atoms with Crippen LogP contribution in [0.2, 0.25) is 0 Å². The molecule has 0 aliphatic heterocycles. The van der Waals surface area contributed by atoms with Crippen LogP contribution in [0.3, 0.4) is 0 Å². The maximum Gasteiger partial charge on any atom is 0.320 e. The van der Waals surface area contributed by atoms with E-state index in [1.54, 1.807) is 12.1 Å². The summed E-state index contributed by atoms with van der Waals surface area (Å²) in [4.78, 5) is 13.3. The van der Waals surface area contributed by atoms with Crippen LogP contribution < -0.4 is 5.73 Å². The van der Waals surface area contributed by atoms with Gasteiger partial charge in [0.15, 0.2) is 0 Å². The van der Waals surface area contributed by atoms with Crippen LogP contribution in [0.15, 0.2) is 48.8 Å². The third-order valence-electron chi connectivity index (χ3n) is 2.21. The Kier molecular flexibility index (Phi) is 5.47. The van der Waals surface area contributed by atoms with Crippen molar-refractivity contribution in [2.75, 3.05) is 0 Å². The number of benzene rings is 1. The highest BCUT2D eigenvalue weighted by molar-refractivity contribution is 5.73. The number of H-pyrrole nitrogens is 1. The predicted molar refractivity (Wildman–Crippen MR) is 68.2 cm³/mol. The number of carboxylic acids is 1. The van der Waals surface area contributed by atoms with Crippen LogP contribution in [0.5, 0.6) is 5.75 Å². The van der Waals surface area contributed by atoms with Gasteiger partial charge in [-0.3, -0.25) is 4.79 Å². The second kappa shape index (κ2) is 7.13. The minimum absolute atomic E-state index is 0.160. The number of hydrogen-bond acceptors (Lipinski definition) is 3. The van der Waals surface area contributed by atoms with Gasteiger partial charge < -0.3 is 20.9 Å². The molecule has 96 valence electrons. The van der Waals surface area contributed by atoms with E-state index in [0.717, 1.165) is 5.56 Å². The Labute approximate surface area is 105 Å². The van der Waals surface area contributed by atoms with Crippen molar-refractivity contribution in [2.24, 2.45) is 5.73 Å². The van der Waals surface area contributed by atoms with Crippen LogP contribution in [0.4, 0.5) is 0 Å². The minimum atomic E-state index is -1.02. The zero-order valence-corrected chi connectivity index (χ0v) is 9.78. The van der Waals surface area contributed by atoms with Gasteiger partial charge in [-0.05, 0) is 36.2 Å². The summed E-state index contributed by atoms with van der Waals surface area (Å²) in [5.74, 6) is -0.860. The van der Waals surface area contributed by atoms with Gasteiger partial charge in [0.1, 0.15) is 11.8 Å². The number of rotatable bonds is 3. The topological polar surface area (TPSA) is 99.3 Å². The summed E-state index contributed by atoms with van der Waals surface area (Å²) in [6.07, 6.45) is 4.02. The van der Waals surface area contributed by atoms with Crippen LogP contribution in [-0.2, 0) is 11.2 Å². The van der Waals surface area contributed by atoms with E-state index in [9.17, 15) is 4.79 Å². The van der Waals surface area contributed by atoms with E-state index in [0.29, 0.717) is 0 Å². The van der Waals surface area contributed by atoms with Crippen molar-refractivity contribution in [2.45, 2.75) is 12.5 Å². The molecule has 0 radical (unpaired) electrons. The summed E-state index contributed by atoms with van der Waals surface area (Å²) in [5.41, 5.74) is 6.12. The molecular formula is C13H16N2O3. The molecule has 5 nitrogen and oxygen atoms in total. The number of nitrogens with two attached hydrogens (primary N) is 1. The molecule has 1 aromatic carbocycles. The minimum Gasteiger partial charge on any atom is -0.508 e. The van der Waals surface area contributed by atoms with E-state index in [1.807, 2.05) is 24.5 Å². The highest BCUT2D eigenvalue weighted by Gasteiger charge is 2.11. The molecule has 0 spiro atoms. The number of phenols is 1. The first-order chi connectivity index (χ1) is 8.59. The molecule has 0 saturated carbocycles. The van der Waals surface area contributed by atoms with Crippen molar-refractivity contribution < 1.29 is 15.0 Å². The van der Waals surface area contributed by atoms with Crippen molar-refractivity contribution in [3.05, 3.63) is 54.4 Å². The van der Waals surface area contributed by atoms with Crippen LogP contribution in [0.1, 0.15) is 5.56 Å². The molecule has 0 aliphatic carbocycles. The summed E-state index contributed by atoms with van der Waals surface area (Å²) in [6, 6.07) is 9.31. The van der Waals surface area contributed by atoms with Crippen molar-refractivity contribution >= 4 is 5.97 Å². The first-order valence-electron chi connectivity index (χ1n) is 5.43. The lowest BCUT2D eigenvalue weighted by Crippen LogP contribution is -2.32. The number of hydrogen-bond donors (Lipinski definition) is 4. The van der Waals surface area contributed by atoms with Gasteiger partial charge in [0.25, 0.3) is 0 Å². The van der Waals surface area contributed by atoms with Crippen LogP contribution in [0, 0.1) is 0 Å². The number of aromatic nitrogens is 1. The Balaban J connectivity index is 0.000000269. The number of phenolic OH excluding ortho intramolecular Hbond substituents is 1. The Hall–Kier alpha value is -2.27. The van der Waals surface area contributed by atoms with E-state index in [2.05, 4.69) is 4.98 Å². The molecule has 18 heavy (non-hydrogen) atoms. The second-order valence-corrected chi connectivity index (χ2v) is 3.70. The summed E-state index contributed by atoms with van der Waals surface area (Å²) in [7, 11) is 0. The molecule has 1 atom stereocenters. The number of carbonyl (C=O) groups is 1. The molecule has 1 heterocycles. The smallest absolute Gasteiger partial charge is 0.320 e. The third kappa shape index (κ3) is 5.18. The van der Waals surface area contributed by atoms with Gasteiger partial charge in [0.2, 0.25) is 0 Å². The van der Waals surface area contributed by atoms with Crippen molar-refractivity contribution in [1.82, 2.24) is 4.98 Å². The molecule has 0 amide bonds. The lowest BCUT2D eigenvalue weighted by Gasteiger charge is -2.05. The maximum absolute atomic E-state index is 10.4. The summed E-state index contributed by atoms with van der Waals surface area (Å²) >= 11 is 0. The van der Waals surface area contributed by atoms with Crippen molar-refractivity contribution in [1.29, 1.82) is 0 Å². The highest BCUT2D eigenvalue weighted by Crippen LogP contribution is 2.10. The van der Waals surface area contributed by atoms with E-state index < -0.39 is 12.0 Å². The molecule has 0 aliphatic rings. The molecule has 2 aromatic rings. The summed E-state index contributed by atoms with van der Waals surface area (Å²) in [5, 5.41) is 17.5. The van der Waals surface area contributed by atoms with Crippen molar-refractivity contribution in [3.8, 4) is 5.75 Å². The number of nitrogens with one attached hydrogen (secondary N) is 1. The molecule has 5 N–H and O–H groups in total. The fourth-order valence-electron chi connectivity index (χ4n) is 1.25. The summed E-state index contributed by atoms with van der Waals surface area (Å²) < 4.78 is 0. The first kappa shape index (κ1) is 13.8. The van der Waals surface area contributed by atoms with Gasteiger partial charge in [-0.15, -0.1) is 0 Å². The van der Waals surface area contributed by atoms with E-state index in [1.165, 1.54) is 12.1 Å². The van der Waals surface area contributed by atoms with Gasteiger partial charge in [-0.1, -0.05) is 12.1 Å². The fraction of sp³-hybridized carbons (Fsp3) is 0.154. The molecule has 0 saturated heterocycles. The normalized spacial score (nSPS) is 11.2. The lowest BCUT2D eigenvalue weighted by molar-refractivity contribution is -0.138. The Morgan fingerprint density at radius 1 is 1.22 bits per heavy atom. The van der Waals surface area contributed by atoms with E-state index in [4.69, 9.17) is 15.9 Å². The zero-order valence-electron chi connectivity index (χ0n) is 9.78.